The van der Waals surface area contributed by atoms with E-state index in [1.165, 1.54) is 51.4 Å². The monoisotopic (exact) mass is 398 g/mol. The highest BCUT2D eigenvalue weighted by molar-refractivity contribution is 4.76. The number of rotatable bonds is 6. The van der Waals surface area contributed by atoms with E-state index in [1.807, 2.05) is 55.4 Å². The van der Waals surface area contributed by atoms with Gasteiger partial charge in [-0.05, 0) is 50.4 Å². The summed E-state index contributed by atoms with van der Waals surface area (Å²) < 4.78 is 0. The van der Waals surface area contributed by atoms with Gasteiger partial charge in [0.15, 0.2) is 0 Å². The van der Waals surface area contributed by atoms with Gasteiger partial charge >= 0.3 is 0 Å². The van der Waals surface area contributed by atoms with Crippen LogP contribution in [0.2, 0.25) is 0 Å². The molecule has 0 heterocycles. The molecular weight excluding hydrogens is 336 g/mol. The van der Waals surface area contributed by atoms with Crippen molar-refractivity contribution in [3.05, 3.63) is 25.3 Å². The van der Waals surface area contributed by atoms with Crippen LogP contribution in [0.1, 0.15) is 134 Å². The summed E-state index contributed by atoms with van der Waals surface area (Å²) in [6.07, 6.45) is 15.3. The highest BCUT2D eigenvalue weighted by Gasteiger charge is 2.24. The van der Waals surface area contributed by atoms with E-state index in [0.717, 1.165) is 23.7 Å². The Morgan fingerprint density at radius 2 is 1.14 bits per heavy atom. The highest BCUT2D eigenvalue weighted by Crippen LogP contribution is 2.36. The maximum absolute atomic E-state index is 3.36. The lowest BCUT2D eigenvalue weighted by Crippen LogP contribution is -2.20. The van der Waals surface area contributed by atoms with Gasteiger partial charge in [0.25, 0.3) is 0 Å². The van der Waals surface area contributed by atoms with Crippen LogP contribution in [0.15, 0.2) is 25.3 Å². The smallest absolute Gasteiger partial charge is 0.0386 e. The second kappa shape index (κ2) is 37.3. The van der Waals surface area contributed by atoms with Gasteiger partial charge < -0.3 is 0 Å². The van der Waals surface area contributed by atoms with Gasteiger partial charge in [0.05, 0.1) is 0 Å². The third-order valence-electron chi connectivity index (χ3n) is 4.61. The molecule has 0 aliphatic heterocycles. The fourth-order valence-electron chi connectivity index (χ4n) is 3.32. The van der Waals surface area contributed by atoms with Crippen LogP contribution in [0.25, 0.3) is 0 Å². The maximum Gasteiger partial charge on any atom is -0.0386 e. The van der Waals surface area contributed by atoms with Crippen molar-refractivity contribution < 1.29 is 0 Å². The van der Waals surface area contributed by atoms with Gasteiger partial charge in [-0.15, -0.1) is 13.2 Å². The first kappa shape index (κ1) is 38.1. The predicted molar refractivity (Wildman–Crippen MR) is 139 cm³/mol. The van der Waals surface area contributed by atoms with E-state index >= 15 is 0 Å². The lowest BCUT2D eigenvalue weighted by Gasteiger charge is -2.32. The zero-order valence-corrected chi connectivity index (χ0v) is 22.5. The quantitative estimate of drug-likeness (QED) is 0.390. The summed E-state index contributed by atoms with van der Waals surface area (Å²) in [5.41, 5.74) is 0. The van der Waals surface area contributed by atoms with Crippen LogP contribution in [-0.4, -0.2) is 0 Å². The molecule has 0 spiro atoms. The van der Waals surface area contributed by atoms with E-state index in [2.05, 4.69) is 40.9 Å². The van der Waals surface area contributed by atoms with Crippen molar-refractivity contribution in [3.63, 3.8) is 0 Å². The Bertz CT molecular complexity index is 224. The van der Waals surface area contributed by atoms with E-state index in [0.29, 0.717) is 0 Å². The molecule has 1 fully saturated rings. The molecular formula is C28H62. The second-order valence-corrected chi connectivity index (χ2v) is 7.33. The Labute approximate surface area is 183 Å². The fraction of sp³-hybridized carbons (Fsp3) is 0.857. The summed E-state index contributed by atoms with van der Waals surface area (Å²) in [5.74, 6) is 3.99. The molecule has 0 N–H and O–H groups in total. The molecule has 1 rings (SSSR count). The largest absolute Gasteiger partial charge is 0.103 e. The zero-order chi connectivity index (χ0) is 23.4. The van der Waals surface area contributed by atoms with E-state index in [4.69, 9.17) is 0 Å². The van der Waals surface area contributed by atoms with Crippen LogP contribution in [0.5, 0.6) is 0 Å². The van der Waals surface area contributed by atoms with Crippen LogP contribution in [0.4, 0.5) is 0 Å². The molecule has 0 nitrogen and oxygen atoms in total. The molecule has 0 amide bonds. The second-order valence-electron chi connectivity index (χ2n) is 7.33. The summed E-state index contributed by atoms with van der Waals surface area (Å²) >= 11 is 0. The minimum Gasteiger partial charge on any atom is -0.103 e. The Morgan fingerprint density at radius 1 is 0.786 bits per heavy atom. The summed E-state index contributed by atoms with van der Waals surface area (Å²) in [7, 11) is 0. The summed E-state index contributed by atoms with van der Waals surface area (Å²) in [6.45, 7) is 32.0. The van der Waals surface area contributed by atoms with Crippen molar-refractivity contribution in [3.8, 4) is 0 Å². The number of hydrogen-bond donors (Lipinski definition) is 0. The van der Waals surface area contributed by atoms with Crippen LogP contribution in [0, 0.1) is 23.7 Å². The third-order valence-corrected chi connectivity index (χ3v) is 4.61. The molecule has 0 radical (unpaired) electrons. The maximum atomic E-state index is 3.36. The molecule has 0 aromatic rings. The van der Waals surface area contributed by atoms with Gasteiger partial charge in [-0.25, -0.2) is 0 Å². The van der Waals surface area contributed by atoms with E-state index in [-0.39, 0.29) is 0 Å². The molecule has 0 saturated heterocycles. The zero-order valence-electron chi connectivity index (χ0n) is 22.5. The average molecular weight is 399 g/mol. The summed E-state index contributed by atoms with van der Waals surface area (Å²) in [4.78, 5) is 0. The average Bonchev–Trinajstić information content (AvgIpc) is 2.72. The van der Waals surface area contributed by atoms with Gasteiger partial charge in [-0.1, -0.05) is 120 Å². The van der Waals surface area contributed by atoms with E-state index in [1.54, 1.807) is 12.2 Å². The minimum atomic E-state index is 0.892. The third kappa shape index (κ3) is 33.1. The van der Waals surface area contributed by atoms with Gasteiger partial charge in [0, 0.05) is 0 Å². The first-order chi connectivity index (χ1) is 13.5. The molecule has 1 atom stereocenters. The van der Waals surface area contributed by atoms with E-state index in [9.17, 15) is 0 Å². The van der Waals surface area contributed by atoms with Gasteiger partial charge in [0.1, 0.15) is 0 Å². The van der Waals surface area contributed by atoms with Crippen molar-refractivity contribution in [2.75, 3.05) is 0 Å². The van der Waals surface area contributed by atoms with Gasteiger partial charge in [0.2, 0.25) is 0 Å². The molecule has 1 unspecified atom stereocenters. The topological polar surface area (TPSA) is 0 Å². The molecule has 0 heteroatoms. The molecule has 0 aromatic carbocycles. The van der Waals surface area contributed by atoms with Crippen molar-refractivity contribution in [1.29, 1.82) is 0 Å². The Kier molecular flexibility index (Phi) is 50.7. The molecule has 28 heavy (non-hydrogen) atoms. The predicted octanol–water partition coefficient (Wildman–Crippen LogP) is 11.1. The molecule has 1 aliphatic rings. The highest BCUT2D eigenvalue weighted by atomic mass is 14.3. The van der Waals surface area contributed by atoms with Gasteiger partial charge in [-0.3, -0.25) is 0 Å². The van der Waals surface area contributed by atoms with Crippen molar-refractivity contribution in [2.24, 2.45) is 23.7 Å². The van der Waals surface area contributed by atoms with Crippen LogP contribution in [-0.2, 0) is 0 Å². The first-order valence-electron chi connectivity index (χ1n) is 12.6. The summed E-state index contributed by atoms with van der Waals surface area (Å²) in [6, 6.07) is 0. The number of allylic oxidation sites excluding steroid dienone is 2. The lowest BCUT2D eigenvalue weighted by molar-refractivity contribution is 0.194. The number of hydrogen-bond acceptors (Lipinski definition) is 0. The Morgan fingerprint density at radius 3 is 1.43 bits per heavy atom. The molecule has 0 bridgehead atoms. The summed E-state index contributed by atoms with van der Waals surface area (Å²) in [5, 5.41) is 0. The fourth-order valence-corrected chi connectivity index (χ4v) is 3.32. The molecule has 1 saturated carbocycles. The first-order valence-corrected chi connectivity index (χ1v) is 12.6. The van der Waals surface area contributed by atoms with Crippen LogP contribution in [0.3, 0.4) is 0 Å². The minimum absolute atomic E-state index is 0.892. The SMILES string of the molecule is C=CC.C=CC.CC.CC.CC.CCC(CCCC(C)C)C1CCC(C)CC1. The Balaban J connectivity index is -0.000000123. The van der Waals surface area contributed by atoms with Crippen molar-refractivity contribution in [2.45, 2.75) is 134 Å². The Hall–Kier alpha value is -0.520. The standard InChI is InChI=1S/C16H32.2C3H6.3C2H6/c1-5-15(8-6-7-13(2)3)16-11-9-14(4)10-12-16;2*1-3-2;3*1-2/h13-16H,5-12H2,1-4H3;2*3H,1H2,2H3;3*1-2H3. The van der Waals surface area contributed by atoms with Crippen LogP contribution < -0.4 is 0 Å². The van der Waals surface area contributed by atoms with Crippen molar-refractivity contribution >= 4 is 0 Å². The molecule has 174 valence electrons. The molecule has 0 aromatic heterocycles. The van der Waals surface area contributed by atoms with E-state index < -0.39 is 0 Å². The van der Waals surface area contributed by atoms with Crippen molar-refractivity contribution in [1.82, 2.24) is 0 Å². The normalized spacial score (nSPS) is 17.8. The molecule has 1 aliphatic carbocycles. The van der Waals surface area contributed by atoms with Crippen LogP contribution >= 0.6 is 0 Å². The van der Waals surface area contributed by atoms with Gasteiger partial charge in [-0.2, -0.15) is 0 Å². The lowest BCUT2D eigenvalue weighted by atomic mass is 9.74.